The molecule has 2 aromatic rings. The van der Waals surface area contributed by atoms with Crippen molar-refractivity contribution >= 4 is 11.8 Å². The van der Waals surface area contributed by atoms with E-state index < -0.39 is 5.97 Å². The van der Waals surface area contributed by atoms with Gasteiger partial charge in [0, 0.05) is 11.8 Å². The second kappa shape index (κ2) is 5.91. The molecule has 0 amide bonds. The van der Waals surface area contributed by atoms with Crippen LogP contribution in [-0.4, -0.2) is 23.3 Å². The number of carbonyl (C=O) groups excluding carboxylic acids is 2. The lowest BCUT2D eigenvalue weighted by molar-refractivity contribution is 0.0469. The number of hydrogen-bond donors (Lipinski definition) is 0. The molecule has 0 aliphatic carbocycles. The number of carbonyl (C=O) groups is 2. The van der Waals surface area contributed by atoms with Crippen LogP contribution in [0.5, 0.6) is 0 Å². The first-order valence-corrected chi connectivity index (χ1v) is 5.85. The van der Waals surface area contributed by atoms with Crippen LogP contribution < -0.4 is 0 Å². The predicted octanol–water partition coefficient (Wildman–Crippen LogP) is 2.43. The van der Waals surface area contributed by atoms with Gasteiger partial charge >= 0.3 is 5.97 Å². The van der Waals surface area contributed by atoms with Gasteiger partial charge < -0.3 is 4.74 Å². The number of ether oxygens (including phenoxy) is 1. The molecular formula is C15H13NO3. The van der Waals surface area contributed by atoms with Crippen LogP contribution in [0.3, 0.4) is 0 Å². The fraction of sp³-hybridized carbons (Fsp3) is 0.133. The molecule has 19 heavy (non-hydrogen) atoms. The minimum Gasteiger partial charge on any atom is -0.453 e. The Bertz CT molecular complexity index is 576. The molecule has 1 aromatic heterocycles. The monoisotopic (exact) mass is 255 g/mol. The standard InChI is InChI=1S/C15H13NO3/c1-11-5-7-12(8-6-11)14(17)10-19-15(18)13-4-2-3-9-16-13/h2-9H,10H2,1H3. The van der Waals surface area contributed by atoms with Crippen LogP contribution in [0, 0.1) is 6.92 Å². The Kier molecular flexibility index (Phi) is 4.03. The normalized spacial score (nSPS) is 9.95. The van der Waals surface area contributed by atoms with Gasteiger partial charge in [-0.2, -0.15) is 0 Å². The summed E-state index contributed by atoms with van der Waals surface area (Å²) in [7, 11) is 0. The molecule has 4 nitrogen and oxygen atoms in total. The van der Waals surface area contributed by atoms with Crippen molar-refractivity contribution in [1.82, 2.24) is 4.98 Å². The van der Waals surface area contributed by atoms with Crippen LogP contribution in [0.4, 0.5) is 0 Å². The summed E-state index contributed by atoms with van der Waals surface area (Å²) in [5.41, 5.74) is 1.79. The van der Waals surface area contributed by atoms with Gasteiger partial charge in [0.2, 0.25) is 0 Å². The van der Waals surface area contributed by atoms with E-state index in [2.05, 4.69) is 4.98 Å². The van der Waals surface area contributed by atoms with Crippen molar-refractivity contribution in [3.63, 3.8) is 0 Å². The number of pyridine rings is 1. The highest BCUT2D eigenvalue weighted by atomic mass is 16.5. The minimum absolute atomic E-state index is 0.194. The van der Waals surface area contributed by atoms with E-state index in [-0.39, 0.29) is 18.1 Å². The number of hydrogen-bond acceptors (Lipinski definition) is 4. The summed E-state index contributed by atoms with van der Waals surface area (Å²) in [6.45, 7) is 1.66. The number of aryl methyl sites for hydroxylation is 1. The Labute approximate surface area is 111 Å². The maximum Gasteiger partial charge on any atom is 0.357 e. The van der Waals surface area contributed by atoms with Gasteiger partial charge in [0.25, 0.3) is 0 Å². The van der Waals surface area contributed by atoms with Gasteiger partial charge in [-0.1, -0.05) is 35.9 Å². The molecule has 0 N–H and O–H groups in total. The Morgan fingerprint density at radius 1 is 1.11 bits per heavy atom. The number of nitrogens with zero attached hydrogens (tertiary/aromatic N) is 1. The molecule has 0 unspecified atom stereocenters. The molecule has 0 aliphatic heterocycles. The second-order valence-electron chi connectivity index (χ2n) is 4.08. The van der Waals surface area contributed by atoms with Crippen LogP contribution in [0.15, 0.2) is 48.7 Å². The van der Waals surface area contributed by atoms with Crippen LogP contribution in [0.25, 0.3) is 0 Å². The lowest BCUT2D eigenvalue weighted by Crippen LogP contribution is -2.15. The summed E-state index contributed by atoms with van der Waals surface area (Å²) in [6, 6.07) is 12.0. The Balaban J connectivity index is 1.94. The average molecular weight is 255 g/mol. The zero-order valence-electron chi connectivity index (χ0n) is 10.5. The predicted molar refractivity (Wildman–Crippen MR) is 70.0 cm³/mol. The van der Waals surface area contributed by atoms with Crippen molar-refractivity contribution in [3.8, 4) is 0 Å². The van der Waals surface area contributed by atoms with Crippen LogP contribution in [0.1, 0.15) is 26.4 Å². The first-order chi connectivity index (χ1) is 9.16. The molecule has 0 spiro atoms. The Morgan fingerprint density at radius 3 is 2.47 bits per heavy atom. The molecular weight excluding hydrogens is 242 g/mol. The highest BCUT2D eigenvalue weighted by Gasteiger charge is 2.12. The molecule has 0 radical (unpaired) electrons. The van der Waals surface area contributed by atoms with Crippen molar-refractivity contribution in [3.05, 3.63) is 65.5 Å². The lowest BCUT2D eigenvalue weighted by atomic mass is 10.1. The van der Waals surface area contributed by atoms with Gasteiger partial charge in [0.1, 0.15) is 5.69 Å². The Morgan fingerprint density at radius 2 is 1.84 bits per heavy atom. The first kappa shape index (κ1) is 13.0. The molecule has 1 heterocycles. The SMILES string of the molecule is Cc1ccc(C(=O)COC(=O)c2ccccn2)cc1. The highest BCUT2D eigenvalue weighted by Crippen LogP contribution is 2.05. The zero-order chi connectivity index (χ0) is 13.7. The van der Waals surface area contributed by atoms with Crippen molar-refractivity contribution < 1.29 is 14.3 Å². The molecule has 0 aliphatic rings. The summed E-state index contributed by atoms with van der Waals surface area (Å²) < 4.78 is 4.92. The number of aromatic nitrogens is 1. The van der Waals surface area contributed by atoms with E-state index in [4.69, 9.17) is 4.74 Å². The average Bonchev–Trinajstić information content (AvgIpc) is 2.46. The molecule has 96 valence electrons. The van der Waals surface area contributed by atoms with Crippen molar-refractivity contribution in [1.29, 1.82) is 0 Å². The topological polar surface area (TPSA) is 56.3 Å². The summed E-state index contributed by atoms with van der Waals surface area (Å²) in [4.78, 5) is 27.2. The third-order valence-electron chi connectivity index (χ3n) is 2.58. The van der Waals surface area contributed by atoms with Gasteiger partial charge in [-0.15, -0.1) is 0 Å². The summed E-state index contributed by atoms with van der Waals surface area (Å²) >= 11 is 0. The molecule has 1 aromatic carbocycles. The lowest BCUT2D eigenvalue weighted by Gasteiger charge is -2.04. The molecule has 4 heteroatoms. The fourth-order valence-electron chi connectivity index (χ4n) is 1.51. The van der Waals surface area contributed by atoms with E-state index in [1.54, 1.807) is 30.3 Å². The first-order valence-electron chi connectivity index (χ1n) is 5.85. The fourth-order valence-corrected chi connectivity index (χ4v) is 1.51. The molecule has 0 fully saturated rings. The molecule has 0 atom stereocenters. The van der Waals surface area contributed by atoms with Gasteiger partial charge in [-0.05, 0) is 19.1 Å². The number of esters is 1. The number of Topliss-reactive ketones (excluding diaryl/α,β-unsaturated/α-hetero) is 1. The van der Waals surface area contributed by atoms with E-state index in [1.807, 2.05) is 19.1 Å². The second-order valence-corrected chi connectivity index (χ2v) is 4.08. The van der Waals surface area contributed by atoms with E-state index in [1.165, 1.54) is 6.20 Å². The maximum atomic E-state index is 11.8. The quantitative estimate of drug-likeness (QED) is 0.622. The summed E-state index contributed by atoms with van der Waals surface area (Å²) in [5, 5.41) is 0. The highest BCUT2D eigenvalue weighted by molar-refractivity contribution is 5.99. The van der Waals surface area contributed by atoms with E-state index in [0.29, 0.717) is 5.56 Å². The Hall–Kier alpha value is -2.49. The summed E-state index contributed by atoms with van der Waals surface area (Å²) in [6.07, 6.45) is 1.50. The van der Waals surface area contributed by atoms with Crippen molar-refractivity contribution in [2.24, 2.45) is 0 Å². The summed E-state index contributed by atoms with van der Waals surface area (Å²) in [5.74, 6) is -0.828. The molecule has 0 bridgehead atoms. The number of rotatable bonds is 4. The van der Waals surface area contributed by atoms with Crippen molar-refractivity contribution in [2.75, 3.05) is 6.61 Å². The third kappa shape index (κ3) is 3.48. The zero-order valence-corrected chi connectivity index (χ0v) is 10.5. The molecule has 2 rings (SSSR count). The van der Waals surface area contributed by atoms with Crippen LogP contribution in [0.2, 0.25) is 0 Å². The van der Waals surface area contributed by atoms with Gasteiger partial charge in [-0.25, -0.2) is 9.78 Å². The molecule has 0 saturated carbocycles. The van der Waals surface area contributed by atoms with E-state index >= 15 is 0 Å². The smallest absolute Gasteiger partial charge is 0.357 e. The maximum absolute atomic E-state index is 11.8. The van der Waals surface area contributed by atoms with Crippen molar-refractivity contribution in [2.45, 2.75) is 6.92 Å². The van der Waals surface area contributed by atoms with Gasteiger partial charge in [-0.3, -0.25) is 4.79 Å². The van der Waals surface area contributed by atoms with E-state index in [0.717, 1.165) is 5.56 Å². The molecule has 0 saturated heterocycles. The number of ketones is 1. The largest absolute Gasteiger partial charge is 0.453 e. The third-order valence-corrected chi connectivity index (χ3v) is 2.58. The number of benzene rings is 1. The van der Waals surface area contributed by atoms with E-state index in [9.17, 15) is 9.59 Å². The van der Waals surface area contributed by atoms with Gasteiger partial charge in [0.05, 0.1) is 0 Å². The van der Waals surface area contributed by atoms with Gasteiger partial charge in [0.15, 0.2) is 12.4 Å². The van der Waals surface area contributed by atoms with Crippen LogP contribution >= 0.6 is 0 Å². The van der Waals surface area contributed by atoms with Crippen LogP contribution in [-0.2, 0) is 4.74 Å². The minimum atomic E-state index is -0.596.